The van der Waals surface area contributed by atoms with E-state index in [1.54, 1.807) is 18.6 Å². The number of imidazole rings is 1. The van der Waals surface area contributed by atoms with Crippen molar-refractivity contribution in [1.82, 2.24) is 19.5 Å². The Hall–Kier alpha value is -2.21. The van der Waals surface area contributed by atoms with Crippen LogP contribution in [0.5, 0.6) is 0 Å². The van der Waals surface area contributed by atoms with Gasteiger partial charge in [0.1, 0.15) is 5.82 Å². The first-order chi connectivity index (χ1) is 9.24. The molecule has 2 aromatic heterocycles. The summed E-state index contributed by atoms with van der Waals surface area (Å²) in [5.74, 6) is 1.33. The molecule has 0 unspecified atom stereocenters. The van der Waals surface area contributed by atoms with Gasteiger partial charge in [-0.1, -0.05) is 12.1 Å². The Bertz CT molecular complexity index is 705. The largest absolute Gasteiger partial charge is 0.399 e. The highest BCUT2D eigenvalue weighted by atomic mass is 79.9. The number of aromatic nitrogens is 4. The lowest BCUT2D eigenvalue weighted by Crippen LogP contribution is -2.01. The van der Waals surface area contributed by atoms with E-state index >= 15 is 0 Å². The first-order valence-corrected chi connectivity index (χ1v) is 6.40. The van der Waals surface area contributed by atoms with Gasteiger partial charge in [-0.05, 0) is 28.1 Å². The summed E-state index contributed by atoms with van der Waals surface area (Å²) >= 11 is 3.32. The molecule has 19 heavy (non-hydrogen) atoms. The molecule has 0 aliphatic rings. The van der Waals surface area contributed by atoms with Gasteiger partial charge in [0.05, 0.1) is 4.47 Å². The third-order valence-electron chi connectivity index (χ3n) is 2.61. The first-order valence-electron chi connectivity index (χ1n) is 5.61. The smallest absolute Gasteiger partial charge is 0.235 e. The SMILES string of the molecule is Nc1cccc(-c2nccn2-c2ncc(Br)cn2)c1. The predicted octanol–water partition coefficient (Wildman–Crippen LogP) is 2.67. The Labute approximate surface area is 118 Å². The summed E-state index contributed by atoms with van der Waals surface area (Å²) in [6.45, 7) is 0. The Kier molecular flexibility index (Phi) is 3.00. The maximum Gasteiger partial charge on any atom is 0.235 e. The summed E-state index contributed by atoms with van der Waals surface area (Å²) in [4.78, 5) is 12.9. The number of nitrogen functional groups attached to an aromatic ring is 1. The lowest BCUT2D eigenvalue weighted by Gasteiger charge is -2.06. The maximum atomic E-state index is 5.80. The van der Waals surface area contributed by atoms with Gasteiger partial charge in [-0.15, -0.1) is 0 Å². The van der Waals surface area contributed by atoms with E-state index in [2.05, 4.69) is 30.9 Å². The van der Waals surface area contributed by atoms with Gasteiger partial charge in [0.2, 0.25) is 5.95 Å². The molecule has 0 saturated carbocycles. The van der Waals surface area contributed by atoms with E-state index in [-0.39, 0.29) is 0 Å². The molecule has 6 heteroatoms. The lowest BCUT2D eigenvalue weighted by molar-refractivity contribution is 0.929. The van der Waals surface area contributed by atoms with E-state index in [1.807, 2.05) is 35.0 Å². The average Bonchev–Trinajstić information content (AvgIpc) is 2.89. The third-order valence-corrected chi connectivity index (χ3v) is 3.02. The summed E-state index contributed by atoms with van der Waals surface area (Å²) in [6, 6.07) is 7.56. The topological polar surface area (TPSA) is 69.6 Å². The van der Waals surface area contributed by atoms with Crippen molar-refractivity contribution >= 4 is 21.6 Å². The number of anilines is 1. The molecule has 3 aromatic rings. The van der Waals surface area contributed by atoms with Crippen LogP contribution >= 0.6 is 15.9 Å². The summed E-state index contributed by atoms with van der Waals surface area (Å²) in [7, 11) is 0. The van der Waals surface area contributed by atoms with Crippen LogP contribution in [0.4, 0.5) is 5.69 Å². The molecule has 1 aromatic carbocycles. The maximum absolute atomic E-state index is 5.80. The lowest BCUT2D eigenvalue weighted by atomic mass is 10.2. The Morgan fingerprint density at radius 3 is 2.63 bits per heavy atom. The number of hydrogen-bond acceptors (Lipinski definition) is 4. The third kappa shape index (κ3) is 2.34. The number of hydrogen-bond donors (Lipinski definition) is 1. The molecule has 0 amide bonds. The molecule has 0 saturated heterocycles. The molecular weight excluding hydrogens is 306 g/mol. The van der Waals surface area contributed by atoms with E-state index in [1.165, 1.54) is 0 Å². The zero-order valence-corrected chi connectivity index (χ0v) is 11.4. The minimum absolute atomic E-state index is 0.568. The van der Waals surface area contributed by atoms with Gasteiger partial charge in [0, 0.05) is 36.0 Å². The van der Waals surface area contributed by atoms with Crippen LogP contribution in [-0.2, 0) is 0 Å². The second-order valence-corrected chi connectivity index (χ2v) is 4.86. The van der Waals surface area contributed by atoms with Gasteiger partial charge < -0.3 is 5.73 Å². The quantitative estimate of drug-likeness (QED) is 0.738. The van der Waals surface area contributed by atoms with Gasteiger partial charge in [0.15, 0.2) is 0 Å². The van der Waals surface area contributed by atoms with Crippen molar-refractivity contribution in [1.29, 1.82) is 0 Å². The van der Waals surface area contributed by atoms with Crippen molar-refractivity contribution in [3.63, 3.8) is 0 Å². The van der Waals surface area contributed by atoms with Gasteiger partial charge in [0.25, 0.3) is 0 Å². The van der Waals surface area contributed by atoms with Crippen LogP contribution in [0.1, 0.15) is 0 Å². The van der Waals surface area contributed by atoms with Crippen molar-refractivity contribution in [2.24, 2.45) is 0 Å². The van der Waals surface area contributed by atoms with Crippen LogP contribution < -0.4 is 5.73 Å². The molecule has 0 spiro atoms. The summed E-state index contributed by atoms with van der Waals surface area (Å²) in [5.41, 5.74) is 7.42. The molecule has 0 atom stereocenters. The van der Waals surface area contributed by atoms with Gasteiger partial charge in [-0.25, -0.2) is 15.0 Å². The van der Waals surface area contributed by atoms with Crippen LogP contribution in [0, 0.1) is 0 Å². The normalized spacial score (nSPS) is 10.6. The molecule has 2 heterocycles. The zero-order valence-electron chi connectivity index (χ0n) is 9.86. The van der Waals surface area contributed by atoms with E-state index < -0.39 is 0 Å². The minimum Gasteiger partial charge on any atom is -0.399 e. The summed E-state index contributed by atoms with van der Waals surface area (Å²) < 4.78 is 2.66. The van der Waals surface area contributed by atoms with Crippen molar-refractivity contribution in [2.75, 3.05) is 5.73 Å². The fourth-order valence-corrected chi connectivity index (χ4v) is 1.99. The summed E-state index contributed by atoms with van der Waals surface area (Å²) in [6.07, 6.45) is 6.93. The second-order valence-electron chi connectivity index (χ2n) is 3.95. The van der Waals surface area contributed by atoms with E-state index in [0.29, 0.717) is 11.6 Å². The number of nitrogens with zero attached hydrogens (tertiary/aromatic N) is 4. The second kappa shape index (κ2) is 4.81. The highest BCUT2D eigenvalue weighted by Crippen LogP contribution is 2.21. The van der Waals surface area contributed by atoms with E-state index in [9.17, 15) is 0 Å². The van der Waals surface area contributed by atoms with Crippen molar-refractivity contribution < 1.29 is 0 Å². The molecule has 0 aliphatic heterocycles. The van der Waals surface area contributed by atoms with Crippen molar-refractivity contribution in [2.45, 2.75) is 0 Å². The van der Waals surface area contributed by atoms with E-state index in [4.69, 9.17) is 5.73 Å². The molecule has 2 N–H and O–H groups in total. The Morgan fingerprint density at radius 2 is 1.89 bits per heavy atom. The molecule has 94 valence electrons. The first kappa shape index (κ1) is 11.9. The van der Waals surface area contributed by atoms with Gasteiger partial charge >= 0.3 is 0 Å². The molecule has 0 fully saturated rings. The number of nitrogens with two attached hydrogens (primary N) is 1. The van der Waals surface area contributed by atoms with Crippen LogP contribution in [0.15, 0.2) is 53.5 Å². The molecule has 5 nitrogen and oxygen atoms in total. The van der Waals surface area contributed by atoms with Gasteiger partial charge in [-0.2, -0.15) is 0 Å². The standard InChI is InChI=1S/C13H10BrN5/c14-10-7-17-13(18-8-10)19-5-4-16-12(19)9-2-1-3-11(15)6-9/h1-8H,15H2. The predicted molar refractivity (Wildman–Crippen MR) is 76.7 cm³/mol. The number of benzene rings is 1. The van der Waals surface area contributed by atoms with Gasteiger partial charge in [-0.3, -0.25) is 4.57 Å². The minimum atomic E-state index is 0.568. The molecule has 3 rings (SSSR count). The Balaban J connectivity index is 2.10. The van der Waals surface area contributed by atoms with Crippen LogP contribution in [-0.4, -0.2) is 19.5 Å². The molecule has 0 bridgehead atoms. The zero-order chi connectivity index (χ0) is 13.2. The molecular formula is C13H10BrN5. The summed E-state index contributed by atoms with van der Waals surface area (Å²) in [5, 5.41) is 0. The van der Waals surface area contributed by atoms with Crippen molar-refractivity contribution in [3.8, 4) is 17.3 Å². The number of halogens is 1. The fourth-order valence-electron chi connectivity index (χ4n) is 1.79. The highest BCUT2D eigenvalue weighted by Gasteiger charge is 2.09. The highest BCUT2D eigenvalue weighted by molar-refractivity contribution is 9.10. The fraction of sp³-hybridized carbons (Fsp3) is 0. The van der Waals surface area contributed by atoms with Crippen LogP contribution in [0.2, 0.25) is 0 Å². The monoisotopic (exact) mass is 315 g/mol. The van der Waals surface area contributed by atoms with Crippen molar-refractivity contribution in [3.05, 3.63) is 53.5 Å². The molecule has 0 aliphatic carbocycles. The average molecular weight is 316 g/mol. The molecule has 0 radical (unpaired) electrons. The number of rotatable bonds is 2. The van der Waals surface area contributed by atoms with Crippen LogP contribution in [0.3, 0.4) is 0 Å². The Morgan fingerprint density at radius 1 is 1.11 bits per heavy atom. The van der Waals surface area contributed by atoms with E-state index in [0.717, 1.165) is 15.9 Å². The van der Waals surface area contributed by atoms with Crippen LogP contribution in [0.25, 0.3) is 17.3 Å².